The lowest BCUT2D eigenvalue weighted by Crippen LogP contribution is -2.26. The number of carbonyl (C=O) groups is 1. The average Bonchev–Trinajstić information content (AvgIpc) is 2.98. The van der Waals surface area contributed by atoms with Gasteiger partial charge < -0.3 is 10.3 Å². The maximum Gasteiger partial charge on any atom is 0.251 e. The molecular weight excluding hydrogens is 295 g/mol. The van der Waals surface area contributed by atoms with Crippen molar-refractivity contribution in [2.45, 2.75) is 13.0 Å². The molecule has 0 aliphatic rings. The third-order valence-electron chi connectivity index (χ3n) is 3.82. The molecule has 3 rings (SSSR count). The molecule has 0 aliphatic heterocycles. The van der Waals surface area contributed by atoms with Gasteiger partial charge in [0.25, 0.3) is 5.91 Å². The molecule has 0 fully saturated rings. The second-order valence-corrected chi connectivity index (χ2v) is 5.31. The first-order chi connectivity index (χ1) is 11.2. The minimum absolute atomic E-state index is 0.176. The van der Waals surface area contributed by atoms with Crippen LogP contribution in [0.4, 0.5) is 4.39 Å². The first-order valence-electron chi connectivity index (χ1n) is 7.39. The number of hydrogen-bond acceptors (Lipinski definition) is 1. The molecule has 0 spiro atoms. The molecule has 0 saturated carbocycles. The second kappa shape index (κ2) is 6.62. The van der Waals surface area contributed by atoms with Gasteiger partial charge in [0.1, 0.15) is 12.4 Å². The lowest BCUT2D eigenvalue weighted by atomic mass is 10.1. The molecular formula is C18H16FN2O2. The third-order valence-corrected chi connectivity index (χ3v) is 3.82. The number of carbonyl (C=O) groups excluding carboxylic acids is 1. The van der Waals surface area contributed by atoms with Crippen LogP contribution in [0, 0.1) is 5.82 Å². The highest BCUT2D eigenvalue weighted by Gasteiger charge is 2.12. The van der Waals surface area contributed by atoms with Gasteiger partial charge in [-0.1, -0.05) is 18.2 Å². The van der Waals surface area contributed by atoms with Crippen molar-refractivity contribution in [2.24, 2.45) is 0 Å². The number of rotatable bonds is 5. The molecule has 2 aromatic carbocycles. The summed E-state index contributed by atoms with van der Waals surface area (Å²) in [7, 11) is 0. The normalized spacial score (nSPS) is 10.9. The van der Waals surface area contributed by atoms with Gasteiger partial charge in [0, 0.05) is 29.2 Å². The Labute approximate surface area is 133 Å². The van der Waals surface area contributed by atoms with Crippen molar-refractivity contribution >= 4 is 16.8 Å². The standard InChI is InChI=1S/C18H16FN2O2/c19-14-5-6-16(13(9-14)11-22)18(23)20-8-7-12-10-21-17-4-2-1-3-15(12)17/h1-6,9-10,21H,7-8,11H2,(H,20,23). The van der Waals surface area contributed by atoms with Crippen LogP contribution < -0.4 is 5.32 Å². The van der Waals surface area contributed by atoms with E-state index >= 15 is 0 Å². The molecule has 4 nitrogen and oxygen atoms in total. The van der Waals surface area contributed by atoms with E-state index < -0.39 is 12.4 Å². The van der Waals surface area contributed by atoms with Crippen LogP contribution in [0.2, 0.25) is 0 Å². The van der Waals surface area contributed by atoms with Crippen LogP contribution in [0.5, 0.6) is 0 Å². The van der Waals surface area contributed by atoms with Crippen LogP contribution >= 0.6 is 0 Å². The molecule has 0 unspecified atom stereocenters. The Balaban J connectivity index is 1.66. The van der Waals surface area contributed by atoms with Gasteiger partial charge >= 0.3 is 0 Å². The van der Waals surface area contributed by atoms with Gasteiger partial charge in [0.15, 0.2) is 0 Å². The van der Waals surface area contributed by atoms with Gasteiger partial charge in [0.2, 0.25) is 0 Å². The van der Waals surface area contributed by atoms with E-state index in [1.807, 2.05) is 30.5 Å². The number of aromatic nitrogens is 1. The SMILES string of the molecule is [O]Cc1cc(F)ccc1C(=O)NCCc1c[nH]c2ccccc12. The van der Waals surface area contributed by atoms with Crippen molar-refractivity contribution in [1.29, 1.82) is 0 Å². The summed E-state index contributed by atoms with van der Waals surface area (Å²) in [5, 5.41) is 15.0. The van der Waals surface area contributed by atoms with Gasteiger partial charge in [-0.25, -0.2) is 9.50 Å². The monoisotopic (exact) mass is 311 g/mol. The van der Waals surface area contributed by atoms with Crippen molar-refractivity contribution in [3.63, 3.8) is 0 Å². The van der Waals surface area contributed by atoms with E-state index in [1.54, 1.807) is 0 Å². The summed E-state index contributed by atoms with van der Waals surface area (Å²) in [5.41, 5.74) is 2.58. The number of amides is 1. The Bertz CT molecular complexity index is 842. The van der Waals surface area contributed by atoms with Gasteiger partial charge in [-0.3, -0.25) is 4.79 Å². The predicted octanol–water partition coefficient (Wildman–Crippen LogP) is 3.21. The molecule has 117 valence electrons. The molecule has 1 amide bonds. The van der Waals surface area contributed by atoms with E-state index in [4.69, 9.17) is 0 Å². The number of nitrogens with one attached hydrogen (secondary N) is 2. The number of hydrogen-bond donors (Lipinski definition) is 2. The van der Waals surface area contributed by atoms with Crippen molar-refractivity contribution in [3.05, 3.63) is 71.2 Å². The van der Waals surface area contributed by atoms with Gasteiger partial charge in [0.05, 0.1) is 0 Å². The highest BCUT2D eigenvalue weighted by molar-refractivity contribution is 5.95. The zero-order valence-electron chi connectivity index (χ0n) is 12.4. The van der Waals surface area contributed by atoms with Crippen molar-refractivity contribution in [1.82, 2.24) is 10.3 Å². The van der Waals surface area contributed by atoms with E-state index in [0.29, 0.717) is 13.0 Å². The highest BCUT2D eigenvalue weighted by Crippen LogP contribution is 2.18. The van der Waals surface area contributed by atoms with Crippen LogP contribution in [-0.4, -0.2) is 17.4 Å². The van der Waals surface area contributed by atoms with Gasteiger partial charge in [-0.2, -0.15) is 0 Å². The third kappa shape index (κ3) is 3.24. The van der Waals surface area contributed by atoms with E-state index in [9.17, 15) is 14.3 Å². The minimum Gasteiger partial charge on any atom is -0.361 e. The molecule has 0 saturated heterocycles. The number of aromatic amines is 1. The smallest absolute Gasteiger partial charge is 0.251 e. The molecule has 0 atom stereocenters. The van der Waals surface area contributed by atoms with Crippen LogP contribution in [0.25, 0.3) is 10.9 Å². The molecule has 1 heterocycles. The Hall–Kier alpha value is -2.66. The van der Waals surface area contributed by atoms with Crippen molar-refractivity contribution in [2.75, 3.05) is 6.54 Å². The minimum atomic E-state index is -0.622. The Morgan fingerprint density at radius 2 is 1.96 bits per heavy atom. The Morgan fingerprint density at radius 1 is 1.13 bits per heavy atom. The Kier molecular flexibility index (Phi) is 4.39. The lowest BCUT2D eigenvalue weighted by Gasteiger charge is -2.08. The molecule has 1 aromatic heterocycles. The topological polar surface area (TPSA) is 64.8 Å². The van der Waals surface area contributed by atoms with Crippen molar-refractivity contribution < 1.29 is 14.3 Å². The quantitative estimate of drug-likeness (QED) is 0.746. The maximum atomic E-state index is 13.1. The van der Waals surface area contributed by atoms with Crippen LogP contribution in [0.3, 0.4) is 0 Å². The number of H-pyrrole nitrogens is 1. The van der Waals surface area contributed by atoms with E-state index in [2.05, 4.69) is 10.3 Å². The fraction of sp³-hybridized carbons (Fsp3) is 0.167. The molecule has 3 aromatic rings. The van der Waals surface area contributed by atoms with E-state index in [-0.39, 0.29) is 17.0 Å². The maximum absolute atomic E-state index is 13.1. The largest absolute Gasteiger partial charge is 0.361 e. The molecule has 1 radical (unpaired) electrons. The first kappa shape index (κ1) is 15.2. The summed E-state index contributed by atoms with van der Waals surface area (Å²) in [6, 6.07) is 11.6. The number of para-hydroxylation sites is 1. The van der Waals surface area contributed by atoms with Crippen LogP contribution in [0.15, 0.2) is 48.7 Å². The van der Waals surface area contributed by atoms with Crippen molar-refractivity contribution in [3.8, 4) is 0 Å². The summed E-state index contributed by atoms with van der Waals surface area (Å²) in [6.45, 7) is -0.181. The molecule has 23 heavy (non-hydrogen) atoms. The number of fused-ring (bicyclic) bond motifs is 1. The van der Waals surface area contributed by atoms with Gasteiger partial charge in [-0.05, 0) is 41.8 Å². The zero-order chi connectivity index (χ0) is 16.2. The van der Waals surface area contributed by atoms with Crippen LogP contribution in [0.1, 0.15) is 21.5 Å². The summed E-state index contributed by atoms with van der Waals surface area (Å²) in [5.74, 6) is -0.859. The van der Waals surface area contributed by atoms with Crippen LogP contribution in [-0.2, 0) is 18.1 Å². The summed E-state index contributed by atoms with van der Waals surface area (Å²) in [4.78, 5) is 15.3. The summed E-state index contributed by atoms with van der Waals surface area (Å²) >= 11 is 0. The predicted molar refractivity (Wildman–Crippen MR) is 85.1 cm³/mol. The molecule has 0 bridgehead atoms. The van der Waals surface area contributed by atoms with Gasteiger partial charge in [-0.15, -0.1) is 0 Å². The lowest BCUT2D eigenvalue weighted by molar-refractivity contribution is 0.0947. The summed E-state index contributed by atoms with van der Waals surface area (Å²) in [6.07, 6.45) is 2.60. The molecule has 0 aliphatic carbocycles. The van der Waals surface area contributed by atoms with E-state index in [1.165, 1.54) is 12.1 Å². The fourth-order valence-corrected chi connectivity index (χ4v) is 2.65. The highest BCUT2D eigenvalue weighted by atomic mass is 19.1. The molecule has 5 heteroatoms. The van der Waals surface area contributed by atoms with E-state index in [0.717, 1.165) is 22.5 Å². The Morgan fingerprint density at radius 3 is 2.78 bits per heavy atom. The second-order valence-electron chi connectivity index (χ2n) is 5.31. The molecule has 2 N–H and O–H groups in total. The first-order valence-corrected chi connectivity index (χ1v) is 7.39. The number of halogens is 1. The summed E-state index contributed by atoms with van der Waals surface area (Å²) < 4.78 is 13.1. The average molecular weight is 311 g/mol. The number of benzene rings is 2. The zero-order valence-corrected chi connectivity index (χ0v) is 12.4. The fourth-order valence-electron chi connectivity index (χ4n) is 2.65.